The fourth-order valence-corrected chi connectivity index (χ4v) is 1.76. The van der Waals surface area contributed by atoms with Crippen molar-refractivity contribution in [2.75, 3.05) is 0 Å². The monoisotopic (exact) mass is 358 g/mol. The van der Waals surface area contributed by atoms with Crippen LogP contribution in [0, 0.1) is 9.39 Å². The second-order valence-electron chi connectivity index (χ2n) is 3.48. The highest BCUT2D eigenvalue weighted by Gasteiger charge is 2.16. The largest absolute Gasteiger partial charge is 0.478 e. The summed E-state index contributed by atoms with van der Waals surface area (Å²) >= 11 is 2.13. The zero-order valence-corrected chi connectivity index (χ0v) is 11.2. The lowest BCUT2D eigenvalue weighted by Crippen LogP contribution is -2.01. The van der Waals surface area contributed by atoms with E-state index in [-0.39, 0.29) is 11.3 Å². The van der Waals surface area contributed by atoms with Crippen molar-refractivity contribution in [3.63, 3.8) is 0 Å². The molecule has 0 aliphatic heterocycles. The molecule has 0 heterocycles. The van der Waals surface area contributed by atoms with Crippen molar-refractivity contribution in [3.8, 4) is 11.5 Å². The first-order chi connectivity index (χ1) is 8.58. The molecular weight excluding hydrogens is 350 g/mol. The van der Waals surface area contributed by atoms with Crippen molar-refractivity contribution in [2.24, 2.45) is 0 Å². The van der Waals surface area contributed by atoms with E-state index in [1.54, 1.807) is 24.3 Å². The highest BCUT2D eigenvalue weighted by Crippen LogP contribution is 2.28. The lowest BCUT2D eigenvalue weighted by molar-refractivity contribution is 0.0693. The maximum absolute atomic E-state index is 13.6. The van der Waals surface area contributed by atoms with Crippen molar-refractivity contribution in [2.45, 2.75) is 0 Å². The van der Waals surface area contributed by atoms with Crippen LogP contribution in [0.25, 0.3) is 0 Å². The number of carbonyl (C=O) groups is 1. The molecule has 2 aromatic rings. The fraction of sp³-hybridized carbons (Fsp3) is 0. The second-order valence-corrected chi connectivity index (χ2v) is 4.72. The van der Waals surface area contributed by atoms with Gasteiger partial charge in [0.25, 0.3) is 0 Å². The molecule has 0 radical (unpaired) electrons. The summed E-state index contributed by atoms with van der Waals surface area (Å²) in [4.78, 5) is 11.0. The van der Waals surface area contributed by atoms with Crippen LogP contribution in [0.5, 0.6) is 11.5 Å². The average Bonchev–Trinajstić information content (AvgIpc) is 2.34. The van der Waals surface area contributed by atoms with Crippen LogP contribution in [0.15, 0.2) is 42.5 Å². The van der Waals surface area contributed by atoms with Gasteiger partial charge in [-0.05, 0) is 59.0 Å². The molecule has 0 bridgehead atoms. The third-order valence-electron chi connectivity index (χ3n) is 2.23. The van der Waals surface area contributed by atoms with Crippen molar-refractivity contribution in [1.82, 2.24) is 0 Å². The molecule has 2 rings (SSSR count). The molecule has 0 fully saturated rings. The summed E-state index contributed by atoms with van der Waals surface area (Å²) in [6.45, 7) is 0. The van der Waals surface area contributed by atoms with E-state index in [2.05, 4.69) is 22.6 Å². The molecule has 1 N–H and O–H groups in total. The predicted octanol–water partition coefficient (Wildman–Crippen LogP) is 3.92. The molecular formula is C13H8FIO3. The molecule has 3 nitrogen and oxygen atoms in total. The molecule has 0 aromatic heterocycles. The topological polar surface area (TPSA) is 46.5 Å². The Morgan fingerprint density at radius 3 is 2.44 bits per heavy atom. The van der Waals surface area contributed by atoms with Crippen LogP contribution in [0.3, 0.4) is 0 Å². The van der Waals surface area contributed by atoms with Gasteiger partial charge in [-0.3, -0.25) is 0 Å². The Bertz CT molecular complexity index is 581. The molecule has 0 atom stereocenters. The van der Waals surface area contributed by atoms with Crippen molar-refractivity contribution in [3.05, 3.63) is 57.4 Å². The molecule has 5 heteroatoms. The van der Waals surface area contributed by atoms with Gasteiger partial charge in [0, 0.05) is 3.57 Å². The molecule has 0 spiro atoms. The van der Waals surface area contributed by atoms with Gasteiger partial charge in [-0.2, -0.15) is 0 Å². The van der Waals surface area contributed by atoms with Crippen LogP contribution >= 0.6 is 22.6 Å². The molecule has 92 valence electrons. The third-order valence-corrected chi connectivity index (χ3v) is 2.95. The number of carboxylic acids is 1. The van der Waals surface area contributed by atoms with Crippen molar-refractivity contribution >= 4 is 28.6 Å². The van der Waals surface area contributed by atoms with Crippen LogP contribution in [-0.4, -0.2) is 11.1 Å². The zero-order valence-electron chi connectivity index (χ0n) is 9.06. The molecule has 0 aliphatic carbocycles. The molecule has 0 saturated carbocycles. The minimum atomic E-state index is -1.23. The Labute approximate surface area is 116 Å². The van der Waals surface area contributed by atoms with Gasteiger partial charge in [0.05, 0.1) is 0 Å². The second kappa shape index (κ2) is 5.34. The van der Waals surface area contributed by atoms with E-state index in [9.17, 15) is 9.18 Å². The van der Waals surface area contributed by atoms with E-state index in [4.69, 9.17) is 9.84 Å². The molecule has 0 amide bonds. The summed E-state index contributed by atoms with van der Waals surface area (Å²) < 4.78 is 19.9. The highest BCUT2D eigenvalue weighted by molar-refractivity contribution is 14.1. The zero-order chi connectivity index (χ0) is 13.1. The number of para-hydroxylation sites is 1. The van der Waals surface area contributed by atoms with Crippen molar-refractivity contribution in [1.29, 1.82) is 0 Å². The van der Waals surface area contributed by atoms with Gasteiger partial charge in [0.1, 0.15) is 11.3 Å². The Hall–Kier alpha value is -1.63. The quantitative estimate of drug-likeness (QED) is 0.846. The lowest BCUT2D eigenvalue weighted by atomic mass is 10.2. The van der Waals surface area contributed by atoms with E-state index >= 15 is 0 Å². The summed E-state index contributed by atoms with van der Waals surface area (Å²) in [6.07, 6.45) is 0. The number of rotatable bonds is 3. The van der Waals surface area contributed by atoms with Crippen LogP contribution in [0.2, 0.25) is 0 Å². The van der Waals surface area contributed by atoms with Crippen LogP contribution in [-0.2, 0) is 0 Å². The van der Waals surface area contributed by atoms with E-state index in [0.717, 1.165) is 9.64 Å². The number of aromatic carboxylic acids is 1. The third kappa shape index (κ3) is 2.79. The van der Waals surface area contributed by atoms with E-state index < -0.39 is 11.8 Å². The SMILES string of the molecule is O=C(O)c1cccc(F)c1Oc1ccc(I)cc1. The van der Waals surface area contributed by atoms with E-state index in [1.165, 1.54) is 12.1 Å². The number of benzene rings is 2. The van der Waals surface area contributed by atoms with Crippen LogP contribution < -0.4 is 4.74 Å². The summed E-state index contributed by atoms with van der Waals surface area (Å²) in [5, 5.41) is 8.96. The standard InChI is InChI=1S/C13H8FIO3/c14-11-3-1-2-10(13(16)17)12(11)18-9-6-4-8(15)5-7-9/h1-7H,(H,16,17). The average molecular weight is 358 g/mol. The number of ether oxygens (including phenoxy) is 1. The smallest absolute Gasteiger partial charge is 0.339 e. The molecule has 2 aromatic carbocycles. The van der Waals surface area contributed by atoms with E-state index in [0.29, 0.717) is 5.75 Å². The first-order valence-corrected chi connectivity index (χ1v) is 6.11. The Balaban J connectivity index is 2.39. The van der Waals surface area contributed by atoms with Crippen LogP contribution in [0.1, 0.15) is 10.4 Å². The van der Waals surface area contributed by atoms with Gasteiger partial charge in [0.15, 0.2) is 11.6 Å². The molecule has 0 saturated heterocycles. The van der Waals surface area contributed by atoms with Gasteiger partial charge < -0.3 is 9.84 Å². The number of hydrogen-bond acceptors (Lipinski definition) is 2. The number of hydrogen-bond donors (Lipinski definition) is 1. The highest BCUT2D eigenvalue weighted by atomic mass is 127. The summed E-state index contributed by atoms with van der Waals surface area (Å²) in [6, 6.07) is 10.7. The van der Waals surface area contributed by atoms with Gasteiger partial charge >= 0.3 is 5.97 Å². The summed E-state index contributed by atoms with van der Waals surface area (Å²) in [7, 11) is 0. The Kier molecular flexibility index (Phi) is 3.81. The van der Waals surface area contributed by atoms with Gasteiger partial charge in [0.2, 0.25) is 0 Å². The first kappa shape index (κ1) is 12.8. The minimum Gasteiger partial charge on any atom is -0.478 e. The maximum Gasteiger partial charge on any atom is 0.339 e. The number of halogens is 2. The normalized spacial score (nSPS) is 10.1. The maximum atomic E-state index is 13.6. The Morgan fingerprint density at radius 1 is 1.17 bits per heavy atom. The van der Waals surface area contributed by atoms with Crippen LogP contribution in [0.4, 0.5) is 4.39 Å². The van der Waals surface area contributed by atoms with Gasteiger partial charge in [-0.15, -0.1) is 0 Å². The predicted molar refractivity (Wildman–Crippen MR) is 72.6 cm³/mol. The first-order valence-electron chi connectivity index (χ1n) is 5.03. The summed E-state index contributed by atoms with van der Waals surface area (Å²) in [5.74, 6) is -1.81. The summed E-state index contributed by atoms with van der Waals surface area (Å²) in [5.41, 5.74) is -0.200. The van der Waals surface area contributed by atoms with Gasteiger partial charge in [-0.25, -0.2) is 9.18 Å². The molecule has 18 heavy (non-hydrogen) atoms. The Morgan fingerprint density at radius 2 is 1.83 bits per heavy atom. The fourth-order valence-electron chi connectivity index (χ4n) is 1.40. The molecule has 0 aliphatic rings. The lowest BCUT2D eigenvalue weighted by Gasteiger charge is -2.09. The van der Waals surface area contributed by atoms with E-state index in [1.807, 2.05) is 0 Å². The minimum absolute atomic E-state index is 0.200. The van der Waals surface area contributed by atoms with Gasteiger partial charge in [-0.1, -0.05) is 6.07 Å². The number of carboxylic acid groups (broad SMARTS) is 1. The molecule has 0 unspecified atom stereocenters. The van der Waals surface area contributed by atoms with Crippen molar-refractivity contribution < 1.29 is 19.0 Å².